The first-order valence-electron chi connectivity index (χ1n) is 8.89. The summed E-state index contributed by atoms with van der Waals surface area (Å²) in [4.78, 5) is 17.1. The number of pyridine rings is 2. The average Bonchev–Trinajstić information content (AvgIpc) is 3.14. The fraction of sp³-hybridized carbons (Fsp3) is 0.250. The second-order valence-electron chi connectivity index (χ2n) is 7.13. The maximum atomic E-state index is 13.2. The van der Waals surface area contributed by atoms with Crippen molar-refractivity contribution in [1.82, 2.24) is 19.7 Å². The van der Waals surface area contributed by atoms with Gasteiger partial charge in [-0.25, -0.2) is 4.98 Å². The molecule has 0 bridgehead atoms. The molecule has 5 nitrogen and oxygen atoms in total. The normalized spacial score (nSPS) is 12.4. The van der Waals surface area contributed by atoms with Gasteiger partial charge in [0, 0.05) is 16.6 Å². The van der Waals surface area contributed by atoms with E-state index in [9.17, 15) is 18.0 Å². The lowest BCUT2D eigenvalue weighted by atomic mass is 10.0. The van der Waals surface area contributed by atoms with E-state index in [1.165, 1.54) is 12.3 Å². The van der Waals surface area contributed by atoms with E-state index in [0.29, 0.717) is 22.0 Å². The van der Waals surface area contributed by atoms with Crippen LogP contribution in [0.2, 0.25) is 5.15 Å². The van der Waals surface area contributed by atoms with Gasteiger partial charge in [-0.05, 0) is 29.7 Å². The number of nitrogens with one attached hydrogen (secondary N) is 1. The summed E-state index contributed by atoms with van der Waals surface area (Å²) in [5.74, 6) is 0.184. The predicted molar refractivity (Wildman–Crippen MR) is 106 cm³/mol. The Kier molecular flexibility index (Phi) is 4.61. The number of benzene rings is 1. The zero-order chi connectivity index (χ0) is 20.9. The van der Waals surface area contributed by atoms with Crippen molar-refractivity contribution in [3.8, 4) is 11.1 Å². The Morgan fingerprint density at radius 1 is 1.17 bits per heavy atom. The van der Waals surface area contributed by atoms with Crippen LogP contribution in [-0.4, -0.2) is 25.9 Å². The highest BCUT2D eigenvalue weighted by Crippen LogP contribution is 2.32. The Balaban J connectivity index is 1.99. The highest BCUT2D eigenvalue weighted by atomic mass is 35.5. The first kappa shape index (κ1) is 19.4. The summed E-state index contributed by atoms with van der Waals surface area (Å²) in [6.45, 7) is 2.57. The van der Waals surface area contributed by atoms with Crippen molar-refractivity contribution in [3.05, 3.63) is 57.7 Å². The van der Waals surface area contributed by atoms with Crippen molar-refractivity contribution in [2.75, 3.05) is 0 Å². The number of fused-ring (bicyclic) bond motifs is 3. The fourth-order valence-electron chi connectivity index (χ4n) is 3.36. The third-order valence-corrected chi connectivity index (χ3v) is 5.07. The van der Waals surface area contributed by atoms with Crippen molar-refractivity contribution < 1.29 is 13.2 Å². The van der Waals surface area contributed by atoms with E-state index in [0.717, 1.165) is 10.3 Å². The molecule has 1 aromatic carbocycles. The molecule has 0 aliphatic rings. The monoisotopic (exact) mass is 420 g/mol. The Morgan fingerprint density at radius 2 is 1.93 bits per heavy atom. The number of H-pyrrole nitrogens is 1. The maximum Gasteiger partial charge on any atom is 0.406 e. The topological polar surface area (TPSA) is 63.6 Å². The van der Waals surface area contributed by atoms with Gasteiger partial charge in [0.2, 0.25) is 0 Å². The largest absolute Gasteiger partial charge is 0.406 e. The number of nitrogens with zero attached hydrogens (tertiary/aromatic N) is 3. The van der Waals surface area contributed by atoms with Crippen molar-refractivity contribution in [2.24, 2.45) is 0 Å². The number of alkyl halides is 3. The fourth-order valence-corrected chi connectivity index (χ4v) is 3.63. The number of hydrogen-bond donors (Lipinski definition) is 1. The van der Waals surface area contributed by atoms with Gasteiger partial charge in [0.25, 0.3) is 5.56 Å². The molecule has 0 aliphatic carbocycles. The van der Waals surface area contributed by atoms with E-state index in [2.05, 4.69) is 15.2 Å². The van der Waals surface area contributed by atoms with Crippen LogP contribution >= 0.6 is 11.6 Å². The Bertz CT molecular complexity index is 1290. The van der Waals surface area contributed by atoms with Gasteiger partial charge in [-0.2, -0.15) is 18.3 Å². The molecule has 3 heterocycles. The van der Waals surface area contributed by atoms with Gasteiger partial charge in [0.05, 0.1) is 22.6 Å². The third kappa shape index (κ3) is 3.48. The van der Waals surface area contributed by atoms with Crippen LogP contribution in [0.4, 0.5) is 13.2 Å². The van der Waals surface area contributed by atoms with Crippen LogP contribution in [0.5, 0.6) is 0 Å². The van der Waals surface area contributed by atoms with Gasteiger partial charge in [-0.3, -0.25) is 14.5 Å². The van der Waals surface area contributed by atoms with Crippen LogP contribution in [0.1, 0.15) is 25.5 Å². The molecule has 0 radical (unpaired) electrons. The van der Waals surface area contributed by atoms with Gasteiger partial charge >= 0.3 is 6.18 Å². The van der Waals surface area contributed by atoms with Crippen LogP contribution in [0.3, 0.4) is 0 Å². The quantitative estimate of drug-likeness (QED) is 0.459. The molecule has 150 valence electrons. The second-order valence-corrected chi connectivity index (χ2v) is 7.48. The van der Waals surface area contributed by atoms with Crippen molar-refractivity contribution in [2.45, 2.75) is 32.5 Å². The molecule has 0 aliphatic heterocycles. The molecular weight excluding hydrogens is 405 g/mol. The molecule has 4 rings (SSSR count). The van der Waals surface area contributed by atoms with Crippen molar-refractivity contribution in [3.63, 3.8) is 0 Å². The lowest BCUT2D eigenvalue weighted by Crippen LogP contribution is -2.28. The van der Waals surface area contributed by atoms with Gasteiger partial charge in [-0.1, -0.05) is 37.6 Å². The minimum atomic E-state index is -4.55. The van der Waals surface area contributed by atoms with Crippen molar-refractivity contribution in [1.29, 1.82) is 0 Å². The van der Waals surface area contributed by atoms with Crippen LogP contribution in [0.15, 0.2) is 41.3 Å². The molecule has 0 fully saturated rings. The maximum absolute atomic E-state index is 13.2. The summed E-state index contributed by atoms with van der Waals surface area (Å²) < 4.78 is 40.2. The predicted octanol–water partition coefficient (Wildman–Crippen LogP) is 5.28. The molecule has 9 heteroatoms. The van der Waals surface area contributed by atoms with Gasteiger partial charge in [0.1, 0.15) is 11.7 Å². The van der Waals surface area contributed by atoms with Crippen LogP contribution in [0.25, 0.3) is 32.9 Å². The molecule has 0 saturated carbocycles. The zero-order valence-corrected chi connectivity index (χ0v) is 16.3. The van der Waals surface area contributed by atoms with Gasteiger partial charge < -0.3 is 0 Å². The summed E-state index contributed by atoms with van der Waals surface area (Å²) in [5, 5.41) is 7.35. The summed E-state index contributed by atoms with van der Waals surface area (Å²) in [6.07, 6.45) is -3.31. The molecular formula is C20H16ClF3N4O. The summed E-state index contributed by atoms with van der Waals surface area (Å²) in [7, 11) is 0. The van der Waals surface area contributed by atoms with Gasteiger partial charge in [0.15, 0.2) is 0 Å². The van der Waals surface area contributed by atoms with Crippen molar-refractivity contribution >= 4 is 33.4 Å². The molecule has 3 aromatic heterocycles. The second kappa shape index (κ2) is 6.88. The number of rotatable bonds is 3. The van der Waals surface area contributed by atoms with E-state index in [1.807, 2.05) is 19.9 Å². The van der Waals surface area contributed by atoms with E-state index in [1.54, 1.807) is 18.2 Å². The Morgan fingerprint density at radius 3 is 2.59 bits per heavy atom. The molecule has 4 aromatic rings. The lowest BCUT2D eigenvalue weighted by Gasteiger charge is -2.15. The Labute approximate surface area is 168 Å². The highest BCUT2D eigenvalue weighted by molar-refractivity contribution is 6.32. The highest BCUT2D eigenvalue weighted by Gasteiger charge is 2.30. The molecule has 0 unspecified atom stereocenters. The number of halogens is 4. The lowest BCUT2D eigenvalue weighted by molar-refractivity contribution is -0.140. The van der Waals surface area contributed by atoms with Gasteiger partial charge in [-0.15, -0.1) is 0 Å². The smallest absolute Gasteiger partial charge is 0.298 e. The number of aromatic nitrogens is 4. The van der Waals surface area contributed by atoms with E-state index in [4.69, 9.17) is 11.6 Å². The number of hydrogen-bond acceptors (Lipinski definition) is 3. The van der Waals surface area contributed by atoms with Crippen LogP contribution in [-0.2, 0) is 6.54 Å². The number of aromatic amines is 1. The van der Waals surface area contributed by atoms with E-state index >= 15 is 0 Å². The average molecular weight is 421 g/mol. The minimum Gasteiger partial charge on any atom is -0.298 e. The molecule has 1 N–H and O–H groups in total. The first-order chi connectivity index (χ1) is 13.7. The Hall–Kier alpha value is -2.87. The SMILES string of the molecule is CC(C)c1ccc(-c2ccc3c4[nH]ncc4c(=O)n(CC(F)(F)F)c3c2)c(Cl)n1. The van der Waals surface area contributed by atoms with Crippen LogP contribution in [0, 0.1) is 0 Å². The zero-order valence-electron chi connectivity index (χ0n) is 15.5. The molecule has 29 heavy (non-hydrogen) atoms. The molecule has 0 atom stereocenters. The van der Waals surface area contributed by atoms with Crippen LogP contribution < -0.4 is 5.56 Å². The summed E-state index contributed by atoms with van der Waals surface area (Å²) >= 11 is 6.34. The summed E-state index contributed by atoms with van der Waals surface area (Å²) in [6, 6.07) is 8.54. The molecule has 0 saturated heterocycles. The molecule has 0 amide bonds. The third-order valence-electron chi connectivity index (χ3n) is 4.78. The minimum absolute atomic E-state index is 0.107. The first-order valence-corrected chi connectivity index (χ1v) is 9.26. The van der Waals surface area contributed by atoms with E-state index < -0.39 is 18.3 Å². The molecule has 0 spiro atoms. The summed E-state index contributed by atoms with van der Waals surface area (Å²) in [5.41, 5.74) is 1.75. The standard InChI is InChI=1S/C20H16ClF3N4O/c1-10(2)15-6-5-12(18(21)26-15)11-3-4-13-16(7-11)28(9-20(22,23)24)19(29)14-8-25-27-17(13)14/h3-8,10H,9H2,1-2H3,(H,25,27). The van der Waals surface area contributed by atoms with E-state index in [-0.39, 0.29) is 22.0 Å².